The second-order valence-corrected chi connectivity index (χ2v) is 4.41. The van der Waals surface area contributed by atoms with E-state index in [9.17, 15) is 4.79 Å². The van der Waals surface area contributed by atoms with E-state index >= 15 is 0 Å². The third-order valence-electron chi connectivity index (χ3n) is 2.77. The van der Waals surface area contributed by atoms with Gasteiger partial charge in [-0.2, -0.15) is 4.98 Å². The fourth-order valence-electron chi connectivity index (χ4n) is 1.90. The van der Waals surface area contributed by atoms with Crippen LogP contribution in [0.4, 0.5) is 0 Å². The molecular weight excluding hydrogens is 256 g/mol. The van der Waals surface area contributed by atoms with Crippen molar-refractivity contribution >= 4 is 5.78 Å². The molecule has 0 N–H and O–H groups in total. The largest absolute Gasteiger partial charge is 0.493 e. The lowest BCUT2D eigenvalue weighted by Crippen LogP contribution is -2.02. The maximum atomic E-state index is 11.6. The first kappa shape index (κ1) is 14.2. The van der Waals surface area contributed by atoms with Crippen LogP contribution in [0.5, 0.6) is 5.75 Å². The molecule has 20 heavy (non-hydrogen) atoms. The molecule has 0 saturated carbocycles. The van der Waals surface area contributed by atoms with Crippen molar-refractivity contribution in [1.82, 2.24) is 10.1 Å². The van der Waals surface area contributed by atoms with Gasteiger partial charge in [-0.25, -0.2) is 0 Å². The average Bonchev–Trinajstić information content (AvgIpc) is 2.88. The number of aromatic nitrogens is 2. The molecule has 0 atom stereocenters. The van der Waals surface area contributed by atoms with E-state index in [0.717, 1.165) is 12.0 Å². The number of ether oxygens (including phenoxy) is 1. The Morgan fingerprint density at radius 2 is 2.10 bits per heavy atom. The minimum absolute atomic E-state index is 0.112. The van der Waals surface area contributed by atoms with Crippen LogP contribution < -0.4 is 4.74 Å². The minimum atomic E-state index is 0.112. The van der Waals surface area contributed by atoms with Crippen molar-refractivity contribution in [3.05, 3.63) is 30.2 Å². The molecule has 5 heteroatoms. The van der Waals surface area contributed by atoms with Crippen LogP contribution in [-0.4, -0.2) is 22.5 Å². The maximum Gasteiger partial charge on any atom is 0.234 e. The van der Waals surface area contributed by atoms with Gasteiger partial charge in [-0.1, -0.05) is 24.2 Å². The summed E-state index contributed by atoms with van der Waals surface area (Å²) < 4.78 is 10.7. The van der Waals surface area contributed by atoms with Gasteiger partial charge in [0.1, 0.15) is 11.5 Å². The quantitative estimate of drug-likeness (QED) is 0.776. The lowest BCUT2D eigenvalue weighted by atomic mass is 10.2. The Morgan fingerprint density at radius 1 is 1.30 bits per heavy atom. The summed E-state index contributed by atoms with van der Waals surface area (Å²) >= 11 is 0. The summed E-state index contributed by atoms with van der Waals surface area (Å²) in [5.74, 6) is 1.63. The SMILES string of the molecule is CCCC(=O)Cc1nc(-c2ccccc2OCC)no1. The first-order valence-electron chi connectivity index (χ1n) is 6.81. The Hall–Kier alpha value is -2.17. The first-order valence-corrected chi connectivity index (χ1v) is 6.81. The van der Waals surface area contributed by atoms with Crippen LogP contribution in [0.25, 0.3) is 11.4 Å². The van der Waals surface area contributed by atoms with Crippen molar-refractivity contribution in [3.63, 3.8) is 0 Å². The number of benzene rings is 1. The molecule has 2 aromatic rings. The number of carbonyl (C=O) groups excluding carboxylic acids is 1. The summed E-state index contributed by atoms with van der Waals surface area (Å²) in [7, 11) is 0. The van der Waals surface area contributed by atoms with Crippen LogP contribution >= 0.6 is 0 Å². The Morgan fingerprint density at radius 3 is 2.85 bits per heavy atom. The lowest BCUT2D eigenvalue weighted by molar-refractivity contribution is -0.118. The van der Waals surface area contributed by atoms with E-state index in [1.807, 2.05) is 38.1 Å². The van der Waals surface area contributed by atoms with Gasteiger partial charge in [0.05, 0.1) is 18.6 Å². The van der Waals surface area contributed by atoms with Gasteiger partial charge in [0.25, 0.3) is 0 Å². The summed E-state index contributed by atoms with van der Waals surface area (Å²) in [6.07, 6.45) is 1.55. The molecule has 5 nitrogen and oxygen atoms in total. The molecule has 0 aliphatic heterocycles. The fourth-order valence-corrected chi connectivity index (χ4v) is 1.90. The monoisotopic (exact) mass is 274 g/mol. The Labute approximate surface area is 118 Å². The van der Waals surface area contributed by atoms with E-state index in [0.29, 0.717) is 30.5 Å². The van der Waals surface area contributed by atoms with Gasteiger partial charge < -0.3 is 9.26 Å². The Balaban J connectivity index is 2.18. The molecule has 0 saturated heterocycles. The highest BCUT2D eigenvalue weighted by molar-refractivity contribution is 5.80. The molecule has 1 aromatic carbocycles. The van der Waals surface area contributed by atoms with E-state index in [2.05, 4.69) is 10.1 Å². The van der Waals surface area contributed by atoms with E-state index in [1.165, 1.54) is 0 Å². The zero-order valence-corrected chi connectivity index (χ0v) is 11.8. The number of para-hydroxylation sites is 1. The van der Waals surface area contributed by atoms with E-state index in [4.69, 9.17) is 9.26 Å². The van der Waals surface area contributed by atoms with Crippen molar-refractivity contribution in [2.75, 3.05) is 6.61 Å². The van der Waals surface area contributed by atoms with Crippen molar-refractivity contribution in [1.29, 1.82) is 0 Å². The number of rotatable bonds is 7. The molecule has 1 heterocycles. The number of Topliss-reactive ketones (excluding diaryl/α,β-unsaturated/α-hetero) is 1. The molecule has 2 rings (SSSR count). The maximum absolute atomic E-state index is 11.6. The second-order valence-electron chi connectivity index (χ2n) is 4.41. The fraction of sp³-hybridized carbons (Fsp3) is 0.400. The standard InChI is InChI=1S/C15H18N2O3/c1-3-7-11(18)10-14-16-15(17-20-14)12-8-5-6-9-13(12)19-4-2/h5-6,8-9H,3-4,7,10H2,1-2H3. The van der Waals surface area contributed by atoms with E-state index < -0.39 is 0 Å². The molecule has 0 amide bonds. The molecule has 0 spiro atoms. The minimum Gasteiger partial charge on any atom is -0.493 e. The highest BCUT2D eigenvalue weighted by Gasteiger charge is 2.14. The van der Waals surface area contributed by atoms with Crippen LogP contribution in [0.1, 0.15) is 32.6 Å². The van der Waals surface area contributed by atoms with Crippen LogP contribution in [0.15, 0.2) is 28.8 Å². The van der Waals surface area contributed by atoms with Gasteiger partial charge in [-0.3, -0.25) is 4.79 Å². The number of nitrogens with zero attached hydrogens (tertiary/aromatic N) is 2. The summed E-state index contributed by atoms with van der Waals surface area (Å²) in [4.78, 5) is 15.8. The number of ketones is 1. The van der Waals surface area contributed by atoms with Crippen molar-refractivity contribution in [3.8, 4) is 17.1 Å². The van der Waals surface area contributed by atoms with Crippen LogP contribution in [0.2, 0.25) is 0 Å². The van der Waals surface area contributed by atoms with Gasteiger partial charge in [-0.15, -0.1) is 0 Å². The molecule has 0 aliphatic carbocycles. The van der Waals surface area contributed by atoms with Gasteiger partial charge in [-0.05, 0) is 25.5 Å². The number of hydrogen-bond donors (Lipinski definition) is 0. The lowest BCUT2D eigenvalue weighted by Gasteiger charge is -2.05. The van der Waals surface area contributed by atoms with Gasteiger partial charge in [0.2, 0.25) is 11.7 Å². The van der Waals surface area contributed by atoms with E-state index in [1.54, 1.807) is 0 Å². The van der Waals surface area contributed by atoms with Gasteiger partial charge >= 0.3 is 0 Å². The molecule has 0 fully saturated rings. The molecular formula is C15H18N2O3. The Bertz CT molecular complexity index is 578. The third-order valence-corrected chi connectivity index (χ3v) is 2.77. The topological polar surface area (TPSA) is 65.2 Å². The smallest absolute Gasteiger partial charge is 0.234 e. The number of carbonyl (C=O) groups is 1. The van der Waals surface area contributed by atoms with Gasteiger partial charge in [0, 0.05) is 6.42 Å². The van der Waals surface area contributed by atoms with Crippen molar-refractivity contribution < 1.29 is 14.1 Å². The van der Waals surface area contributed by atoms with Crippen molar-refractivity contribution in [2.45, 2.75) is 33.1 Å². The van der Waals surface area contributed by atoms with Crippen molar-refractivity contribution in [2.24, 2.45) is 0 Å². The zero-order valence-electron chi connectivity index (χ0n) is 11.8. The Kier molecular flexibility index (Phi) is 4.87. The summed E-state index contributed by atoms with van der Waals surface area (Å²) in [5, 5.41) is 3.92. The van der Waals surface area contributed by atoms with Crippen LogP contribution in [0, 0.1) is 0 Å². The summed E-state index contributed by atoms with van der Waals surface area (Å²) in [5.41, 5.74) is 0.771. The molecule has 0 aliphatic rings. The average molecular weight is 274 g/mol. The number of hydrogen-bond acceptors (Lipinski definition) is 5. The van der Waals surface area contributed by atoms with E-state index in [-0.39, 0.29) is 12.2 Å². The first-order chi connectivity index (χ1) is 9.74. The molecule has 106 valence electrons. The van der Waals surface area contributed by atoms with Crippen LogP contribution in [0.3, 0.4) is 0 Å². The summed E-state index contributed by atoms with van der Waals surface area (Å²) in [6.45, 7) is 4.45. The predicted molar refractivity (Wildman–Crippen MR) is 74.5 cm³/mol. The summed E-state index contributed by atoms with van der Waals surface area (Å²) in [6, 6.07) is 7.50. The predicted octanol–water partition coefficient (Wildman–Crippen LogP) is 3.05. The molecule has 1 aromatic heterocycles. The van der Waals surface area contributed by atoms with Crippen LogP contribution in [-0.2, 0) is 11.2 Å². The molecule has 0 radical (unpaired) electrons. The zero-order chi connectivity index (χ0) is 14.4. The van der Waals surface area contributed by atoms with Gasteiger partial charge in [0.15, 0.2) is 0 Å². The third kappa shape index (κ3) is 3.44. The molecule has 0 unspecified atom stereocenters. The highest BCUT2D eigenvalue weighted by Crippen LogP contribution is 2.27. The second kappa shape index (κ2) is 6.84. The highest BCUT2D eigenvalue weighted by atomic mass is 16.5. The normalized spacial score (nSPS) is 10.5. The molecule has 0 bridgehead atoms.